The van der Waals surface area contributed by atoms with E-state index in [4.69, 9.17) is 10.5 Å². The summed E-state index contributed by atoms with van der Waals surface area (Å²) in [5.74, 6) is 0. The van der Waals surface area contributed by atoms with Gasteiger partial charge in [-0.1, -0.05) is 18.2 Å². The lowest BCUT2D eigenvalue weighted by atomic mass is 9.90. The third-order valence-corrected chi connectivity index (χ3v) is 3.01. The maximum Gasteiger partial charge on any atom is 0.102 e. The van der Waals surface area contributed by atoms with Crippen LogP contribution >= 0.6 is 0 Å². The highest BCUT2D eigenvalue weighted by atomic mass is 16.5. The van der Waals surface area contributed by atoms with Crippen LogP contribution < -0.4 is 5.73 Å². The Kier molecular flexibility index (Phi) is 3.29. The lowest BCUT2D eigenvalue weighted by molar-refractivity contribution is 0.00952. The van der Waals surface area contributed by atoms with Gasteiger partial charge in [-0.05, 0) is 37.5 Å². The summed E-state index contributed by atoms with van der Waals surface area (Å²) in [5, 5.41) is 0. The zero-order chi connectivity index (χ0) is 10.8. The van der Waals surface area contributed by atoms with Crippen molar-refractivity contribution >= 4 is 0 Å². The van der Waals surface area contributed by atoms with Crippen LogP contribution in [0.25, 0.3) is 0 Å². The fourth-order valence-corrected chi connectivity index (χ4v) is 1.63. The van der Waals surface area contributed by atoms with Gasteiger partial charge in [-0.3, -0.25) is 0 Å². The molecule has 1 aromatic carbocycles. The zero-order valence-corrected chi connectivity index (χ0v) is 9.42. The first-order valence-electron chi connectivity index (χ1n) is 4.87. The van der Waals surface area contributed by atoms with Crippen LogP contribution in [-0.4, -0.2) is 13.7 Å². The molecule has 0 saturated carbocycles. The number of nitrogens with two attached hydrogens (primary N) is 1. The standard InChI is InChI=1S/C12H19NO/c1-9-6-5-7-11(10(9)2)12(3,8-13)14-4/h5-7H,8,13H2,1-4H3. The van der Waals surface area contributed by atoms with Gasteiger partial charge >= 0.3 is 0 Å². The highest BCUT2D eigenvalue weighted by Gasteiger charge is 2.26. The summed E-state index contributed by atoms with van der Waals surface area (Å²) in [6.45, 7) is 6.73. The van der Waals surface area contributed by atoms with Gasteiger partial charge < -0.3 is 10.5 Å². The van der Waals surface area contributed by atoms with Crippen LogP contribution in [0, 0.1) is 13.8 Å². The van der Waals surface area contributed by atoms with E-state index in [1.165, 1.54) is 16.7 Å². The topological polar surface area (TPSA) is 35.2 Å². The fraction of sp³-hybridized carbons (Fsp3) is 0.500. The Morgan fingerprint density at radius 3 is 2.50 bits per heavy atom. The van der Waals surface area contributed by atoms with E-state index in [1.807, 2.05) is 13.0 Å². The van der Waals surface area contributed by atoms with Gasteiger partial charge in [0, 0.05) is 13.7 Å². The molecule has 14 heavy (non-hydrogen) atoms. The molecule has 0 heterocycles. The molecule has 2 heteroatoms. The van der Waals surface area contributed by atoms with E-state index in [0.717, 1.165) is 0 Å². The first-order valence-corrected chi connectivity index (χ1v) is 4.87. The summed E-state index contributed by atoms with van der Waals surface area (Å²) in [7, 11) is 1.70. The molecular weight excluding hydrogens is 174 g/mol. The average molecular weight is 193 g/mol. The molecular formula is C12H19NO. The monoisotopic (exact) mass is 193 g/mol. The Labute approximate surface area is 86.1 Å². The van der Waals surface area contributed by atoms with Crippen molar-refractivity contribution in [2.75, 3.05) is 13.7 Å². The van der Waals surface area contributed by atoms with E-state index < -0.39 is 0 Å². The minimum atomic E-state index is -0.365. The number of ether oxygens (including phenoxy) is 1. The average Bonchev–Trinajstić information content (AvgIpc) is 2.21. The van der Waals surface area contributed by atoms with Crippen molar-refractivity contribution in [2.45, 2.75) is 26.4 Å². The Morgan fingerprint density at radius 1 is 1.36 bits per heavy atom. The third-order valence-electron chi connectivity index (χ3n) is 3.01. The quantitative estimate of drug-likeness (QED) is 0.798. The first kappa shape index (κ1) is 11.2. The van der Waals surface area contributed by atoms with Gasteiger partial charge in [0.15, 0.2) is 0 Å². The predicted molar refractivity (Wildman–Crippen MR) is 59.3 cm³/mol. The van der Waals surface area contributed by atoms with Gasteiger partial charge in [0.2, 0.25) is 0 Å². The maximum atomic E-state index is 5.74. The summed E-state index contributed by atoms with van der Waals surface area (Å²) < 4.78 is 5.48. The zero-order valence-electron chi connectivity index (χ0n) is 9.42. The molecule has 0 aliphatic carbocycles. The molecule has 1 atom stereocenters. The van der Waals surface area contributed by atoms with Gasteiger partial charge in [0.05, 0.1) is 0 Å². The predicted octanol–water partition coefficient (Wildman–Crippen LogP) is 2.12. The Hall–Kier alpha value is -0.860. The summed E-state index contributed by atoms with van der Waals surface area (Å²) in [4.78, 5) is 0. The normalized spacial score (nSPS) is 15.2. The van der Waals surface area contributed by atoms with Crippen LogP contribution in [-0.2, 0) is 10.3 Å². The smallest absolute Gasteiger partial charge is 0.102 e. The van der Waals surface area contributed by atoms with Crippen LogP contribution in [0.15, 0.2) is 18.2 Å². The number of methoxy groups -OCH3 is 1. The highest BCUT2D eigenvalue weighted by Crippen LogP contribution is 2.27. The second-order valence-electron chi connectivity index (χ2n) is 3.89. The molecule has 0 aromatic heterocycles. The minimum Gasteiger partial charge on any atom is -0.372 e. The Balaban J connectivity index is 3.24. The lowest BCUT2D eigenvalue weighted by Crippen LogP contribution is -2.34. The van der Waals surface area contributed by atoms with Crippen molar-refractivity contribution in [3.05, 3.63) is 34.9 Å². The van der Waals surface area contributed by atoms with E-state index in [9.17, 15) is 0 Å². The molecule has 1 rings (SSSR count). The van der Waals surface area contributed by atoms with Crippen LogP contribution in [0.4, 0.5) is 0 Å². The number of aryl methyl sites for hydroxylation is 1. The number of hydrogen-bond donors (Lipinski definition) is 1. The molecule has 0 amide bonds. The molecule has 0 bridgehead atoms. The Bertz CT molecular complexity index is 316. The number of hydrogen-bond acceptors (Lipinski definition) is 2. The van der Waals surface area contributed by atoms with Crippen molar-refractivity contribution in [3.8, 4) is 0 Å². The molecule has 78 valence electrons. The molecule has 0 aliphatic heterocycles. The molecule has 0 saturated heterocycles. The summed E-state index contributed by atoms with van der Waals surface area (Å²) in [6.07, 6.45) is 0. The van der Waals surface area contributed by atoms with Gasteiger partial charge in [-0.25, -0.2) is 0 Å². The molecule has 2 nitrogen and oxygen atoms in total. The van der Waals surface area contributed by atoms with E-state index in [0.29, 0.717) is 6.54 Å². The van der Waals surface area contributed by atoms with Crippen LogP contribution in [0.5, 0.6) is 0 Å². The summed E-state index contributed by atoms with van der Waals surface area (Å²) >= 11 is 0. The Morgan fingerprint density at radius 2 is 2.00 bits per heavy atom. The van der Waals surface area contributed by atoms with E-state index in [-0.39, 0.29) is 5.60 Å². The van der Waals surface area contributed by atoms with Gasteiger partial charge in [0.1, 0.15) is 5.60 Å². The highest BCUT2D eigenvalue weighted by molar-refractivity contribution is 5.37. The van der Waals surface area contributed by atoms with Crippen LogP contribution in [0.1, 0.15) is 23.6 Å². The lowest BCUT2D eigenvalue weighted by Gasteiger charge is -2.29. The second kappa shape index (κ2) is 4.11. The van der Waals surface area contributed by atoms with E-state index >= 15 is 0 Å². The van der Waals surface area contributed by atoms with Gasteiger partial charge in [-0.2, -0.15) is 0 Å². The van der Waals surface area contributed by atoms with Crippen LogP contribution in [0.2, 0.25) is 0 Å². The van der Waals surface area contributed by atoms with E-state index in [2.05, 4.69) is 26.0 Å². The van der Waals surface area contributed by atoms with Crippen molar-refractivity contribution in [1.29, 1.82) is 0 Å². The molecule has 0 aliphatic rings. The molecule has 0 spiro atoms. The SMILES string of the molecule is COC(C)(CN)c1cccc(C)c1C. The molecule has 2 N–H and O–H groups in total. The van der Waals surface area contributed by atoms with Crippen molar-refractivity contribution in [3.63, 3.8) is 0 Å². The van der Waals surface area contributed by atoms with Gasteiger partial charge in [0.25, 0.3) is 0 Å². The maximum absolute atomic E-state index is 5.74. The summed E-state index contributed by atoms with van der Waals surface area (Å²) in [5.41, 5.74) is 9.10. The third kappa shape index (κ3) is 1.81. The van der Waals surface area contributed by atoms with E-state index in [1.54, 1.807) is 7.11 Å². The first-order chi connectivity index (χ1) is 6.55. The van der Waals surface area contributed by atoms with Crippen LogP contribution in [0.3, 0.4) is 0 Å². The van der Waals surface area contributed by atoms with Gasteiger partial charge in [-0.15, -0.1) is 0 Å². The second-order valence-corrected chi connectivity index (χ2v) is 3.89. The number of rotatable bonds is 3. The number of benzene rings is 1. The van der Waals surface area contributed by atoms with Crippen molar-refractivity contribution in [1.82, 2.24) is 0 Å². The fourth-order valence-electron chi connectivity index (χ4n) is 1.63. The molecule has 0 radical (unpaired) electrons. The largest absolute Gasteiger partial charge is 0.372 e. The molecule has 0 fully saturated rings. The minimum absolute atomic E-state index is 0.365. The van der Waals surface area contributed by atoms with Crippen molar-refractivity contribution in [2.24, 2.45) is 5.73 Å². The summed E-state index contributed by atoms with van der Waals surface area (Å²) in [6, 6.07) is 6.23. The van der Waals surface area contributed by atoms with Crippen molar-refractivity contribution < 1.29 is 4.74 Å². The molecule has 1 unspecified atom stereocenters. The molecule has 1 aromatic rings.